The molecular weight excluding hydrogens is 316 g/mol. The van der Waals surface area contributed by atoms with Crippen LogP contribution in [0, 0.1) is 12.3 Å². The Hall–Kier alpha value is -1.87. The Morgan fingerprint density at radius 1 is 1.36 bits per heavy atom. The Kier molecular flexibility index (Phi) is 7.93. The molecule has 0 saturated carbocycles. The maximum absolute atomic E-state index is 12.0. The smallest absolute Gasteiger partial charge is 0.252 e. The van der Waals surface area contributed by atoms with Crippen LogP contribution < -0.4 is 5.32 Å². The normalized spacial score (nSPS) is 23.2. The molecule has 0 aromatic heterocycles. The maximum Gasteiger partial charge on any atom is 0.252 e. The largest absolute Gasteiger partial charge is 0.390 e. The van der Waals surface area contributed by atoms with Gasteiger partial charge in [0.1, 0.15) is 0 Å². The van der Waals surface area contributed by atoms with Crippen molar-refractivity contribution < 1.29 is 14.6 Å². The van der Waals surface area contributed by atoms with Gasteiger partial charge in [-0.3, -0.25) is 4.79 Å². The van der Waals surface area contributed by atoms with Crippen LogP contribution in [0.2, 0.25) is 0 Å². The number of carbonyl (C=O) groups excluding carboxylic acids is 1. The molecule has 0 unspecified atom stereocenters. The minimum absolute atomic E-state index is 0.0100. The van der Waals surface area contributed by atoms with Gasteiger partial charge in [0, 0.05) is 13.1 Å². The van der Waals surface area contributed by atoms with E-state index in [1.807, 2.05) is 6.07 Å². The number of likely N-dealkylation sites (N-methyl/N-ethyl adjacent to an activating group) is 1. The fourth-order valence-corrected chi connectivity index (χ4v) is 3.00. The Bertz CT molecular complexity index is 570. The van der Waals surface area contributed by atoms with Gasteiger partial charge < -0.3 is 20.1 Å². The monoisotopic (exact) mass is 344 g/mol. The number of carbonyl (C=O) groups is 1. The van der Waals surface area contributed by atoms with Gasteiger partial charge in [-0.2, -0.15) is 0 Å². The molecule has 1 aromatic rings. The lowest BCUT2D eigenvalue weighted by Crippen LogP contribution is -2.49. The first-order valence-electron chi connectivity index (χ1n) is 8.87. The van der Waals surface area contributed by atoms with Crippen LogP contribution in [0.25, 0.3) is 0 Å². The SMILES string of the molecule is C#CCNC(=O)[C@H]1O[C@H](CCN(C)CCc2ccccc2)CC[C@@H]1O. The predicted octanol–water partition coefficient (Wildman–Crippen LogP) is 1.21. The maximum atomic E-state index is 12.0. The number of hydrogen-bond donors (Lipinski definition) is 2. The molecule has 1 fully saturated rings. The highest BCUT2D eigenvalue weighted by molar-refractivity contribution is 5.81. The fourth-order valence-electron chi connectivity index (χ4n) is 3.00. The molecule has 1 aromatic carbocycles. The number of benzene rings is 1. The molecule has 2 rings (SSSR count). The van der Waals surface area contributed by atoms with Crippen molar-refractivity contribution in [3.63, 3.8) is 0 Å². The zero-order chi connectivity index (χ0) is 18.1. The average molecular weight is 344 g/mol. The summed E-state index contributed by atoms with van der Waals surface area (Å²) >= 11 is 0. The van der Waals surface area contributed by atoms with Crippen molar-refractivity contribution in [3.05, 3.63) is 35.9 Å². The number of amides is 1. The molecular formula is C20H28N2O3. The molecule has 2 N–H and O–H groups in total. The Morgan fingerprint density at radius 2 is 2.12 bits per heavy atom. The quantitative estimate of drug-likeness (QED) is 0.696. The summed E-state index contributed by atoms with van der Waals surface area (Å²) in [5.74, 6) is 2.03. The third kappa shape index (κ3) is 6.50. The molecule has 0 bridgehead atoms. The third-order valence-corrected chi connectivity index (χ3v) is 4.55. The summed E-state index contributed by atoms with van der Waals surface area (Å²) < 4.78 is 5.81. The lowest BCUT2D eigenvalue weighted by Gasteiger charge is -2.33. The second-order valence-electron chi connectivity index (χ2n) is 6.57. The predicted molar refractivity (Wildman–Crippen MR) is 98.0 cm³/mol. The van der Waals surface area contributed by atoms with Crippen LogP contribution in [0.15, 0.2) is 30.3 Å². The van der Waals surface area contributed by atoms with E-state index in [1.165, 1.54) is 5.56 Å². The molecule has 1 aliphatic heterocycles. The van der Waals surface area contributed by atoms with Crippen LogP contribution in [0.4, 0.5) is 0 Å². The van der Waals surface area contributed by atoms with Crippen molar-refractivity contribution in [2.45, 2.75) is 44.0 Å². The zero-order valence-corrected chi connectivity index (χ0v) is 14.9. The molecule has 0 spiro atoms. The second-order valence-corrected chi connectivity index (χ2v) is 6.57. The van der Waals surface area contributed by atoms with Crippen molar-refractivity contribution in [2.24, 2.45) is 0 Å². The number of terminal acetylenes is 1. The van der Waals surface area contributed by atoms with Crippen LogP contribution in [0.3, 0.4) is 0 Å². The van der Waals surface area contributed by atoms with E-state index in [0.29, 0.717) is 6.42 Å². The highest BCUT2D eigenvalue weighted by atomic mass is 16.5. The zero-order valence-electron chi connectivity index (χ0n) is 14.9. The molecule has 5 nitrogen and oxygen atoms in total. The molecule has 1 saturated heterocycles. The van der Waals surface area contributed by atoms with Gasteiger partial charge in [0.15, 0.2) is 6.10 Å². The number of hydrogen-bond acceptors (Lipinski definition) is 4. The van der Waals surface area contributed by atoms with Gasteiger partial charge >= 0.3 is 0 Å². The first-order valence-corrected chi connectivity index (χ1v) is 8.87. The molecule has 0 aliphatic carbocycles. The molecule has 5 heteroatoms. The van der Waals surface area contributed by atoms with Gasteiger partial charge in [-0.1, -0.05) is 36.3 Å². The highest BCUT2D eigenvalue weighted by Gasteiger charge is 2.34. The molecule has 136 valence electrons. The van der Waals surface area contributed by atoms with Crippen molar-refractivity contribution in [3.8, 4) is 12.3 Å². The Morgan fingerprint density at radius 3 is 2.84 bits per heavy atom. The van der Waals surface area contributed by atoms with Gasteiger partial charge in [0.2, 0.25) is 0 Å². The van der Waals surface area contributed by atoms with E-state index in [9.17, 15) is 9.90 Å². The Labute approximate surface area is 150 Å². The van der Waals surface area contributed by atoms with Gasteiger partial charge in [-0.15, -0.1) is 6.42 Å². The van der Waals surface area contributed by atoms with E-state index in [1.54, 1.807) is 0 Å². The molecule has 1 aliphatic rings. The summed E-state index contributed by atoms with van der Waals surface area (Å²) in [5.41, 5.74) is 1.33. The van der Waals surface area contributed by atoms with Gasteiger partial charge in [0.25, 0.3) is 5.91 Å². The van der Waals surface area contributed by atoms with Crippen LogP contribution in [0.1, 0.15) is 24.8 Å². The number of aliphatic hydroxyl groups is 1. The molecule has 25 heavy (non-hydrogen) atoms. The average Bonchev–Trinajstić information content (AvgIpc) is 2.64. The van der Waals surface area contributed by atoms with E-state index in [-0.39, 0.29) is 18.6 Å². The number of aliphatic hydroxyl groups excluding tert-OH is 1. The lowest BCUT2D eigenvalue weighted by atomic mass is 9.98. The Balaban J connectivity index is 1.72. The fraction of sp³-hybridized carbons (Fsp3) is 0.550. The summed E-state index contributed by atoms with van der Waals surface area (Å²) in [6, 6.07) is 10.4. The van der Waals surface area contributed by atoms with Crippen molar-refractivity contribution in [1.29, 1.82) is 0 Å². The first kappa shape index (κ1) is 19.5. The van der Waals surface area contributed by atoms with Crippen LogP contribution >= 0.6 is 0 Å². The summed E-state index contributed by atoms with van der Waals surface area (Å²) in [5, 5.41) is 12.6. The topological polar surface area (TPSA) is 61.8 Å². The van der Waals surface area contributed by atoms with Gasteiger partial charge in [-0.25, -0.2) is 0 Å². The number of rotatable bonds is 8. The van der Waals surface area contributed by atoms with Gasteiger partial charge in [-0.05, 0) is 38.3 Å². The minimum Gasteiger partial charge on any atom is -0.390 e. The first-order chi connectivity index (χ1) is 12.1. The van der Waals surface area contributed by atoms with E-state index in [2.05, 4.69) is 47.5 Å². The minimum atomic E-state index is -0.818. The van der Waals surface area contributed by atoms with Crippen molar-refractivity contribution in [2.75, 3.05) is 26.7 Å². The second kappa shape index (κ2) is 10.2. The highest BCUT2D eigenvalue weighted by Crippen LogP contribution is 2.22. The van der Waals surface area contributed by atoms with Crippen molar-refractivity contribution >= 4 is 5.91 Å². The van der Waals surface area contributed by atoms with E-state index in [4.69, 9.17) is 11.2 Å². The van der Waals surface area contributed by atoms with Crippen molar-refractivity contribution in [1.82, 2.24) is 10.2 Å². The van der Waals surface area contributed by atoms with E-state index >= 15 is 0 Å². The standard InChI is InChI=1S/C20H28N2O3/c1-3-13-21-20(24)19-18(23)10-9-17(25-19)12-15-22(2)14-11-16-7-5-4-6-8-16/h1,4-8,17-19,23H,9-15H2,2H3,(H,21,24)/t17-,18-,19-/m0/s1. The van der Waals surface area contributed by atoms with Crippen LogP contribution in [-0.4, -0.2) is 60.9 Å². The summed E-state index contributed by atoms with van der Waals surface area (Å²) in [6.45, 7) is 2.02. The molecule has 3 atom stereocenters. The molecule has 0 radical (unpaired) electrons. The summed E-state index contributed by atoms with van der Waals surface area (Å²) in [4.78, 5) is 14.3. The summed E-state index contributed by atoms with van der Waals surface area (Å²) in [6.07, 6.45) is 6.76. The van der Waals surface area contributed by atoms with Crippen LogP contribution in [-0.2, 0) is 16.0 Å². The number of ether oxygens (including phenoxy) is 1. The lowest BCUT2D eigenvalue weighted by molar-refractivity contribution is -0.158. The van der Waals surface area contributed by atoms with E-state index < -0.39 is 12.2 Å². The molecule has 1 amide bonds. The number of nitrogens with one attached hydrogen (secondary N) is 1. The molecule has 1 heterocycles. The summed E-state index contributed by atoms with van der Waals surface area (Å²) in [7, 11) is 2.09. The van der Waals surface area contributed by atoms with E-state index in [0.717, 1.165) is 32.4 Å². The van der Waals surface area contributed by atoms with Crippen LogP contribution in [0.5, 0.6) is 0 Å². The van der Waals surface area contributed by atoms with Gasteiger partial charge in [0.05, 0.1) is 18.8 Å². The number of nitrogens with zero attached hydrogens (tertiary/aromatic N) is 1. The third-order valence-electron chi connectivity index (χ3n) is 4.55.